The Labute approximate surface area is 181 Å². The van der Waals surface area contributed by atoms with E-state index in [2.05, 4.69) is 24.1 Å². The summed E-state index contributed by atoms with van der Waals surface area (Å²) in [5, 5.41) is 3.41. The maximum Gasteiger partial charge on any atom is 0.328 e. The first-order valence-corrected chi connectivity index (χ1v) is 11.2. The lowest BCUT2D eigenvalue weighted by atomic mass is 9.78. The van der Waals surface area contributed by atoms with Crippen molar-refractivity contribution < 1.29 is 14.3 Å². The highest BCUT2D eigenvalue weighted by Gasteiger charge is 2.28. The molecule has 1 aromatic heterocycles. The molecule has 3 atom stereocenters. The quantitative estimate of drug-likeness (QED) is 0.669. The Hall–Kier alpha value is -2.77. The van der Waals surface area contributed by atoms with E-state index in [1.54, 1.807) is 12.1 Å². The van der Waals surface area contributed by atoms with Gasteiger partial charge in [0.1, 0.15) is 0 Å². The number of aromatic nitrogens is 2. The van der Waals surface area contributed by atoms with Crippen molar-refractivity contribution in [3.05, 3.63) is 33.0 Å². The monoisotopic (exact) mass is 431 g/mol. The summed E-state index contributed by atoms with van der Waals surface area (Å²) in [6.45, 7) is 8.94. The predicted octanol–water partition coefficient (Wildman–Crippen LogP) is 2.82. The first-order chi connectivity index (χ1) is 14.8. The van der Waals surface area contributed by atoms with Crippen LogP contribution in [-0.4, -0.2) is 34.7 Å². The number of rotatable bonds is 8. The van der Waals surface area contributed by atoms with Crippen molar-refractivity contribution in [3.63, 3.8) is 0 Å². The second-order valence-corrected chi connectivity index (χ2v) is 8.29. The highest BCUT2D eigenvalue weighted by Crippen LogP contribution is 2.31. The number of H-pyrrole nitrogens is 1. The minimum Gasteiger partial charge on any atom is -0.490 e. The predicted molar refractivity (Wildman–Crippen MR) is 120 cm³/mol. The van der Waals surface area contributed by atoms with E-state index in [1.807, 2.05) is 13.8 Å². The Morgan fingerprint density at radius 3 is 2.48 bits per heavy atom. The fourth-order valence-electron chi connectivity index (χ4n) is 4.28. The summed E-state index contributed by atoms with van der Waals surface area (Å²) >= 11 is 0. The SMILES string of the molecule is CCOc1cc2[nH]c(=O)n(CCC(=O)NC3CCCC(C)C3C)c(=O)c2cc1OCC. The zero-order valence-corrected chi connectivity index (χ0v) is 18.8. The number of hydrogen-bond acceptors (Lipinski definition) is 5. The first-order valence-electron chi connectivity index (χ1n) is 11.2. The van der Waals surface area contributed by atoms with Crippen molar-refractivity contribution in [1.82, 2.24) is 14.9 Å². The summed E-state index contributed by atoms with van der Waals surface area (Å²) in [6.07, 6.45) is 3.33. The lowest BCUT2D eigenvalue weighted by Crippen LogP contribution is -2.44. The number of amides is 1. The van der Waals surface area contributed by atoms with Gasteiger partial charge in [-0.15, -0.1) is 0 Å². The summed E-state index contributed by atoms with van der Waals surface area (Å²) in [4.78, 5) is 40.8. The van der Waals surface area contributed by atoms with E-state index >= 15 is 0 Å². The van der Waals surface area contributed by atoms with Crippen LogP contribution in [0.4, 0.5) is 0 Å². The normalized spacial score (nSPS) is 21.1. The molecule has 170 valence electrons. The third kappa shape index (κ3) is 5.11. The lowest BCUT2D eigenvalue weighted by molar-refractivity contribution is -0.122. The molecule has 2 aromatic rings. The Kier molecular flexibility index (Phi) is 7.41. The number of nitrogens with one attached hydrogen (secondary N) is 2. The van der Waals surface area contributed by atoms with Crippen LogP contribution in [0.3, 0.4) is 0 Å². The third-order valence-corrected chi connectivity index (χ3v) is 6.26. The average molecular weight is 432 g/mol. The summed E-state index contributed by atoms with van der Waals surface area (Å²) in [7, 11) is 0. The zero-order valence-electron chi connectivity index (χ0n) is 18.8. The van der Waals surface area contributed by atoms with Crippen LogP contribution in [0, 0.1) is 11.8 Å². The van der Waals surface area contributed by atoms with Gasteiger partial charge in [-0.2, -0.15) is 0 Å². The molecule has 0 radical (unpaired) electrons. The van der Waals surface area contributed by atoms with Crippen LogP contribution in [0.5, 0.6) is 11.5 Å². The molecule has 1 amide bonds. The van der Waals surface area contributed by atoms with Gasteiger partial charge in [0.05, 0.1) is 24.1 Å². The van der Waals surface area contributed by atoms with Crippen molar-refractivity contribution in [2.24, 2.45) is 11.8 Å². The molecule has 8 nitrogen and oxygen atoms in total. The number of aromatic amines is 1. The van der Waals surface area contributed by atoms with E-state index in [-0.39, 0.29) is 24.9 Å². The molecule has 1 fully saturated rings. The molecule has 1 aromatic carbocycles. The number of carbonyl (C=O) groups excluding carboxylic acids is 1. The van der Waals surface area contributed by atoms with Crippen LogP contribution in [0.1, 0.15) is 53.4 Å². The van der Waals surface area contributed by atoms with E-state index in [9.17, 15) is 14.4 Å². The number of fused-ring (bicyclic) bond motifs is 1. The first kappa shape index (κ1) is 22.9. The minimum absolute atomic E-state index is 0.0176. The lowest BCUT2D eigenvalue weighted by Gasteiger charge is -2.34. The molecule has 1 heterocycles. The van der Waals surface area contributed by atoms with E-state index in [1.165, 1.54) is 6.42 Å². The van der Waals surface area contributed by atoms with Gasteiger partial charge in [0.15, 0.2) is 11.5 Å². The van der Waals surface area contributed by atoms with Gasteiger partial charge in [-0.3, -0.25) is 14.2 Å². The number of nitrogens with zero attached hydrogens (tertiary/aromatic N) is 1. The van der Waals surface area contributed by atoms with E-state index in [0.717, 1.165) is 17.4 Å². The maximum absolute atomic E-state index is 13.0. The molecule has 0 aliphatic heterocycles. The molecule has 1 aliphatic carbocycles. The number of carbonyl (C=O) groups is 1. The second-order valence-electron chi connectivity index (χ2n) is 8.29. The summed E-state index contributed by atoms with van der Waals surface area (Å²) in [5.41, 5.74) is -0.612. The van der Waals surface area contributed by atoms with Crippen LogP contribution in [0.25, 0.3) is 10.9 Å². The van der Waals surface area contributed by atoms with Gasteiger partial charge in [0.2, 0.25) is 5.91 Å². The Morgan fingerprint density at radius 1 is 1.13 bits per heavy atom. The Morgan fingerprint density at radius 2 is 1.81 bits per heavy atom. The van der Waals surface area contributed by atoms with Gasteiger partial charge < -0.3 is 19.8 Å². The molecule has 2 N–H and O–H groups in total. The van der Waals surface area contributed by atoms with Crippen molar-refractivity contribution in [3.8, 4) is 11.5 Å². The van der Waals surface area contributed by atoms with Gasteiger partial charge in [-0.1, -0.05) is 26.7 Å². The standard InChI is InChI=1S/C23H33N3O5/c1-5-30-19-12-16-18(13-20(19)31-6-2)25-23(29)26(22(16)28)11-10-21(27)24-17-9-7-8-14(3)15(17)4/h12-15,17H,5-11H2,1-4H3,(H,24,27)(H,25,29). The molecule has 3 rings (SSSR count). The number of hydrogen-bond donors (Lipinski definition) is 2. The molecule has 1 saturated carbocycles. The van der Waals surface area contributed by atoms with E-state index < -0.39 is 11.2 Å². The van der Waals surface area contributed by atoms with Gasteiger partial charge in [0, 0.05) is 25.1 Å². The molecule has 8 heteroatoms. The maximum atomic E-state index is 13.0. The van der Waals surface area contributed by atoms with Gasteiger partial charge in [0.25, 0.3) is 5.56 Å². The fraction of sp³-hybridized carbons (Fsp3) is 0.609. The summed E-state index contributed by atoms with van der Waals surface area (Å²) in [6, 6.07) is 3.34. The van der Waals surface area contributed by atoms with E-state index in [4.69, 9.17) is 9.47 Å². The van der Waals surface area contributed by atoms with Crippen LogP contribution in [0.2, 0.25) is 0 Å². The van der Waals surface area contributed by atoms with Crippen LogP contribution in [-0.2, 0) is 11.3 Å². The Bertz CT molecular complexity index is 1040. The van der Waals surface area contributed by atoms with Crippen LogP contribution >= 0.6 is 0 Å². The highest BCUT2D eigenvalue weighted by molar-refractivity contribution is 5.81. The van der Waals surface area contributed by atoms with Gasteiger partial charge >= 0.3 is 5.69 Å². The minimum atomic E-state index is -0.545. The largest absolute Gasteiger partial charge is 0.490 e. The molecule has 1 aliphatic rings. The molecule has 0 bridgehead atoms. The van der Waals surface area contributed by atoms with Crippen molar-refractivity contribution in [2.75, 3.05) is 13.2 Å². The molecule has 31 heavy (non-hydrogen) atoms. The third-order valence-electron chi connectivity index (χ3n) is 6.26. The summed E-state index contributed by atoms with van der Waals surface area (Å²) < 4.78 is 12.2. The zero-order chi connectivity index (χ0) is 22.5. The van der Waals surface area contributed by atoms with Crippen LogP contribution < -0.4 is 26.0 Å². The van der Waals surface area contributed by atoms with Gasteiger partial charge in [-0.05, 0) is 38.2 Å². The second kappa shape index (κ2) is 10.0. The molecule has 3 unspecified atom stereocenters. The van der Waals surface area contributed by atoms with Crippen molar-refractivity contribution >= 4 is 16.8 Å². The number of ether oxygens (including phenoxy) is 2. The van der Waals surface area contributed by atoms with Gasteiger partial charge in [-0.25, -0.2) is 4.79 Å². The Balaban J connectivity index is 1.80. The molecular formula is C23H33N3O5. The molecule has 0 saturated heterocycles. The molecule has 0 spiro atoms. The number of benzene rings is 1. The topological polar surface area (TPSA) is 102 Å². The van der Waals surface area contributed by atoms with Crippen molar-refractivity contribution in [2.45, 2.75) is 66.0 Å². The van der Waals surface area contributed by atoms with E-state index in [0.29, 0.717) is 47.5 Å². The fourth-order valence-corrected chi connectivity index (χ4v) is 4.28. The van der Waals surface area contributed by atoms with Crippen molar-refractivity contribution in [1.29, 1.82) is 0 Å². The summed E-state index contributed by atoms with van der Waals surface area (Å²) in [5.74, 6) is 1.77. The highest BCUT2D eigenvalue weighted by atomic mass is 16.5. The van der Waals surface area contributed by atoms with Crippen LogP contribution in [0.15, 0.2) is 21.7 Å². The molecular weight excluding hydrogens is 398 g/mol. The smallest absolute Gasteiger partial charge is 0.328 e. The average Bonchev–Trinajstić information content (AvgIpc) is 2.72.